The van der Waals surface area contributed by atoms with Crippen molar-refractivity contribution in [3.05, 3.63) is 29.8 Å². The van der Waals surface area contributed by atoms with Crippen molar-refractivity contribution in [2.75, 3.05) is 18.0 Å². The molecule has 5 heteroatoms. The van der Waals surface area contributed by atoms with E-state index in [4.69, 9.17) is 5.73 Å². The Hall–Kier alpha value is -1.23. The fourth-order valence-electron chi connectivity index (χ4n) is 1.89. The molecule has 0 aliphatic heterocycles. The van der Waals surface area contributed by atoms with Gasteiger partial charge >= 0.3 is 6.18 Å². The lowest BCUT2D eigenvalue weighted by atomic mass is 10.0. The summed E-state index contributed by atoms with van der Waals surface area (Å²) in [5.74, 6) is 0. The molecule has 0 aliphatic rings. The van der Waals surface area contributed by atoms with Crippen molar-refractivity contribution in [3.8, 4) is 0 Å². The molecule has 0 unspecified atom stereocenters. The van der Waals surface area contributed by atoms with Crippen LogP contribution in [-0.2, 0) is 0 Å². The number of hydrogen-bond donors (Lipinski definition) is 1. The summed E-state index contributed by atoms with van der Waals surface area (Å²) in [6.07, 6.45) is -3.51. The highest BCUT2D eigenvalue weighted by Crippen LogP contribution is 2.29. The van der Waals surface area contributed by atoms with Gasteiger partial charge in [0, 0.05) is 18.3 Å². The zero-order valence-corrected chi connectivity index (χ0v) is 10.7. The van der Waals surface area contributed by atoms with Gasteiger partial charge in [-0.2, -0.15) is 13.2 Å². The van der Waals surface area contributed by atoms with E-state index in [1.54, 1.807) is 31.2 Å². The molecule has 2 nitrogen and oxygen atoms in total. The summed E-state index contributed by atoms with van der Waals surface area (Å²) in [7, 11) is 0. The average Bonchev–Trinajstić information content (AvgIpc) is 2.34. The van der Waals surface area contributed by atoms with Crippen molar-refractivity contribution >= 4 is 5.69 Å². The zero-order valence-electron chi connectivity index (χ0n) is 10.7. The van der Waals surface area contributed by atoms with Crippen LogP contribution in [0, 0.1) is 0 Å². The zero-order chi connectivity index (χ0) is 13.8. The number of para-hydroxylation sites is 1. The third-order valence-electron chi connectivity index (χ3n) is 2.87. The molecular weight excluding hydrogens is 241 g/mol. The van der Waals surface area contributed by atoms with Gasteiger partial charge in [0.1, 0.15) is 6.54 Å². The molecule has 0 amide bonds. The smallest absolute Gasteiger partial charge is 0.363 e. The molecule has 1 rings (SSSR count). The summed E-state index contributed by atoms with van der Waals surface area (Å²) in [5.41, 5.74) is 7.29. The van der Waals surface area contributed by atoms with E-state index in [0.29, 0.717) is 18.7 Å². The molecule has 1 atom stereocenters. The minimum Gasteiger partial charge on any atom is -0.363 e. The third kappa shape index (κ3) is 3.91. The Kier molecular flexibility index (Phi) is 5.02. The molecule has 0 saturated heterocycles. The maximum Gasteiger partial charge on any atom is 0.405 e. The molecule has 0 fully saturated rings. The highest BCUT2D eigenvalue weighted by molar-refractivity contribution is 5.55. The Bertz CT molecular complexity index is 377. The van der Waals surface area contributed by atoms with Gasteiger partial charge in [-0.1, -0.05) is 25.1 Å². The maximum atomic E-state index is 12.5. The van der Waals surface area contributed by atoms with Gasteiger partial charge in [-0.15, -0.1) is 0 Å². The topological polar surface area (TPSA) is 29.3 Å². The molecule has 0 aliphatic carbocycles. The molecule has 0 aromatic heterocycles. The number of hydrogen-bond acceptors (Lipinski definition) is 2. The third-order valence-corrected chi connectivity index (χ3v) is 2.87. The molecule has 0 saturated carbocycles. The van der Waals surface area contributed by atoms with Gasteiger partial charge in [0.25, 0.3) is 0 Å². The number of nitrogens with two attached hydrogens (primary N) is 1. The molecule has 18 heavy (non-hydrogen) atoms. The van der Waals surface area contributed by atoms with Crippen LogP contribution in [0.3, 0.4) is 0 Å². The summed E-state index contributed by atoms with van der Waals surface area (Å²) in [6, 6.07) is 6.79. The van der Waals surface area contributed by atoms with Gasteiger partial charge in [-0.3, -0.25) is 0 Å². The lowest BCUT2D eigenvalue weighted by molar-refractivity contribution is -0.119. The van der Waals surface area contributed by atoms with Crippen molar-refractivity contribution in [2.24, 2.45) is 5.73 Å². The summed E-state index contributed by atoms with van der Waals surface area (Å²) in [4.78, 5) is 1.31. The van der Waals surface area contributed by atoms with Crippen LogP contribution < -0.4 is 10.6 Å². The summed E-state index contributed by atoms with van der Waals surface area (Å²) in [5, 5.41) is 0. The second-order valence-corrected chi connectivity index (χ2v) is 4.20. The van der Waals surface area contributed by atoms with Crippen LogP contribution >= 0.6 is 0 Å². The van der Waals surface area contributed by atoms with E-state index in [1.165, 1.54) is 4.90 Å². The van der Waals surface area contributed by atoms with Crippen LogP contribution in [0.15, 0.2) is 24.3 Å². The van der Waals surface area contributed by atoms with Gasteiger partial charge in [0.15, 0.2) is 0 Å². The SMILES string of the molecule is CC[C@H](N)c1ccccc1N(CC)CC(F)(F)F. The molecule has 2 N–H and O–H groups in total. The molecule has 0 heterocycles. The number of halogens is 3. The standard InChI is InChI=1S/C13H19F3N2/c1-3-11(17)10-7-5-6-8-12(10)18(4-2)9-13(14,15)16/h5-8,11H,3-4,9,17H2,1-2H3/t11-/m0/s1. The Morgan fingerprint density at radius 1 is 1.22 bits per heavy atom. The van der Waals surface area contributed by atoms with Crippen LogP contribution in [-0.4, -0.2) is 19.3 Å². The first-order valence-electron chi connectivity index (χ1n) is 6.05. The second kappa shape index (κ2) is 6.09. The quantitative estimate of drug-likeness (QED) is 0.878. The number of nitrogens with zero attached hydrogens (tertiary/aromatic N) is 1. The number of anilines is 1. The van der Waals surface area contributed by atoms with E-state index in [1.807, 2.05) is 6.92 Å². The molecule has 1 aromatic rings. The largest absolute Gasteiger partial charge is 0.405 e. The molecule has 102 valence electrons. The van der Waals surface area contributed by atoms with Gasteiger partial charge in [-0.05, 0) is 25.0 Å². The number of benzene rings is 1. The van der Waals surface area contributed by atoms with Crippen LogP contribution in [0.4, 0.5) is 18.9 Å². The van der Waals surface area contributed by atoms with E-state index in [-0.39, 0.29) is 6.04 Å². The van der Waals surface area contributed by atoms with Gasteiger partial charge in [0.2, 0.25) is 0 Å². The van der Waals surface area contributed by atoms with Gasteiger partial charge in [-0.25, -0.2) is 0 Å². The van der Waals surface area contributed by atoms with E-state index in [2.05, 4.69) is 0 Å². The highest BCUT2D eigenvalue weighted by Gasteiger charge is 2.31. The monoisotopic (exact) mass is 260 g/mol. The summed E-state index contributed by atoms with van der Waals surface area (Å²) in [6.45, 7) is 2.98. The molecule has 1 aromatic carbocycles. The second-order valence-electron chi connectivity index (χ2n) is 4.20. The lowest BCUT2D eigenvalue weighted by Crippen LogP contribution is -2.35. The summed E-state index contributed by atoms with van der Waals surface area (Å²) < 4.78 is 37.6. The highest BCUT2D eigenvalue weighted by atomic mass is 19.4. The Balaban J connectivity index is 3.05. The minimum atomic E-state index is -4.21. The van der Waals surface area contributed by atoms with Crippen LogP contribution in [0.5, 0.6) is 0 Å². The van der Waals surface area contributed by atoms with E-state index in [9.17, 15) is 13.2 Å². The van der Waals surface area contributed by atoms with Crippen molar-refractivity contribution in [3.63, 3.8) is 0 Å². The van der Waals surface area contributed by atoms with E-state index < -0.39 is 12.7 Å². The van der Waals surface area contributed by atoms with E-state index >= 15 is 0 Å². The molecular formula is C13H19F3N2. The van der Waals surface area contributed by atoms with Crippen LogP contribution in [0.2, 0.25) is 0 Å². The molecule has 0 spiro atoms. The number of alkyl halides is 3. The Morgan fingerprint density at radius 2 is 1.83 bits per heavy atom. The molecule has 0 bridgehead atoms. The van der Waals surface area contributed by atoms with Crippen molar-refractivity contribution in [1.82, 2.24) is 0 Å². The first-order valence-corrected chi connectivity index (χ1v) is 6.05. The van der Waals surface area contributed by atoms with Crippen LogP contribution in [0.25, 0.3) is 0 Å². The van der Waals surface area contributed by atoms with E-state index in [0.717, 1.165) is 5.56 Å². The normalized spacial score (nSPS) is 13.4. The fourth-order valence-corrected chi connectivity index (χ4v) is 1.89. The Morgan fingerprint density at radius 3 is 2.33 bits per heavy atom. The summed E-state index contributed by atoms with van der Waals surface area (Å²) >= 11 is 0. The average molecular weight is 260 g/mol. The van der Waals surface area contributed by atoms with Crippen molar-refractivity contribution in [1.29, 1.82) is 0 Å². The predicted octanol–water partition coefficient (Wildman–Crippen LogP) is 3.49. The predicted molar refractivity (Wildman–Crippen MR) is 67.6 cm³/mol. The Labute approximate surface area is 106 Å². The van der Waals surface area contributed by atoms with Crippen molar-refractivity contribution in [2.45, 2.75) is 32.5 Å². The van der Waals surface area contributed by atoms with Gasteiger partial charge in [0.05, 0.1) is 0 Å². The van der Waals surface area contributed by atoms with Crippen LogP contribution in [0.1, 0.15) is 31.9 Å². The number of rotatable bonds is 5. The minimum absolute atomic E-state index is 0.233. The first-order chi connectivity index (χ1) is 8.39. The van der Waals surface area contributed by atoms with Crippen molar-refractivity contribution < 1.29 is 13.2 Å². The van der Waals surface area contributed by atoms with Gasteiger partial charge < -0.3 is 10.6 Å². The maximum absolute atomic E-state index is 12.5. The fraction of sp³-hybridized carbons (Fsp3) is 0.538. The lowest BCUT2D eigenvalue weighted by Gasteiger charge is -2.28. The first kappa shape index (κ1) is 14.8. The molecule has 0 radical (unpaired) electrons.